The summed E-state index contributed by atoms with van der Waals surface area (Å²) in [6, 6.07) is 11.9. The lowest BCUT2D eigenvalue weighted by Gasteiger charge is -2.26. The summed E-state index contributed by atoms with van der Waals surface area (Å²) in [7, 11) is -2.87. The van der Waals surface area contributed by atoms with E-state index in [9.17, 15) is 8.42 Å². The van der Waals surface area contributed by atoms with E-state index < -0.39 is 9.84 Å². The summed E-state index contributed by atoms with van der Waals surface area (Å²) in [5.74, 6) is 1.76. The van der Waals surface area contributed by atoms with Crippen molar-refractivity contribution in [2.45, 2.75) is 19.1 Å². The van der Waals surface area contributed by atoms with Gasteiger partial charge in [-0.05, 0) is 36.2 Å². The van der Waals surface area contributed by atoms with Crippen LogP contribution in [0.4, 0.5) is 0 Å². The molecule has 1 fully saturated rings. The van der Waals surface area contributed by atoms with Gasteiger partial charge in [0.05, 0.1) is 11.5 Å². The average Bonchev–Trinajstić information content (AvgIpc) is 2.82. The van der Waals surface area contributed by atoms with Crippen molar-refractivity contribution in [3.63, 3.8) is 0 Å². The van der Waals surface area contributed by atoms with E-state index in [1.807, 2.05) is 24.3 Å². The Hall–Kier alpha value is -2.12. The van der Waals surface area contributed by atoms with Crippen LogP contribution in [0.25, 0.3) is 0 Å². The molecular weight excluding hydrogens is 352 g/mol. The van der Waals surface area contributed by atoms with E-state index in [-0.39, 0.29) is 11.9 Å². The summed E-state index contributed by atoms with van der Waals surface area (Å²) < 4.78 is 35.1. The van der Waals surface area contributed by atoms with Gasteiger partial charge >= 0.3 is 0 Å². The van der Waals surface area contributed by atoms with Crippen molar-refractivity contribution in [3.8, 4) is 11.6 Å². The van der Waals surface area contributed by atoms with Crippen LogP contribution in [0.1, 0.15) is 23.7 Å². The van der Waals surface area contributed by atoms with Gasteiger partial charge in [-0.1, -0.05) is 24.3 Å². The third-order valence-electron chi connectivity index (χ3n) is 4.79. The standard InChI is InChI=1S/C19H22N2O4S/c22-26(23)11-2-9-21(10-12-26)13-15-4-6-16(7-5-15)18-14-24-17-3-1-8-20-19(17)25-18/h1,3-8,18H,2,9-14H2. The molecule has 1 aromatic carbocycles. The molecule has 0 radical (unpaired) electrons. The lowest BCUT2D eigenvalue weighted by Crippen LogP contribution is -2.26. The highest BCUT2D eigenvalue weighted by Gasteiger charge is 2.23. The third kappa shape index (κ3) is 3.99. The Morgan fingerprint density at radius 2 is 1.96 bits per heavy atom. The first kappa shape index (κ1) is 17.3. The van der Waals surface area contributed by atoms with Gasteiger partial charge in [-0.3, -0.25) is 4.90 Å². The van der Waals surface area contributed by atoms with E-state index in [0.29, 0.717) is 37.0 Å². The first-order valence-corrected chi connectivity index (χ1v) is 10.7. The number of ether oxygens (including phenoxy) is 2. The quantitative estimate of drug-likeness (QED) is 0.821. The first-order chi connectivity index (χ1) is 12.6. The molecule has 0 aliphatic carbocycles. The Kier molecular flexibility index (Phi) is 4.82. The number of aromatic nitrogens is 1. The van der Waals surface area contributed by atoms with Crippen LogP contribution in [0.3, 0.4) is 0 Å². The SMILES string of the molecule is O=S1(=O)CCCN(Cc2ccc(C3COc4cccnc4O3)cc2)CC1. The molecule has 7 heteroatoms. The summed E-state index contributed by atoms with van der Waals surface area (Å²) in [4.78, 5) is 6.42. The maximum atomic E-state index is 11.7. The Labute approximate surface area is 153 Å². The minimum absolute atomic E-state index is 0.172. The molecule has 1 unspecified atom stereocenters. The van der Waals surface area contributed by atoms with Crippen molar-refractivity contribution in [1.29, 1.82) is 0 Å². The molecule has 2 aliphatic rings. The zero-order valence-electron chi connectivity index (χ0n) is 14.5. The first-order valence-electron chi connectivity index (χ1n) is 8.85. The number of benzene rings is 1. The molecule has 26 heavy (non-hydrogen) atoms. The van der Waals surface area contributed by atoms with Crippen LogP contribution >= 0.6 is 0 Å². The van der Waals surface area contributed by atoms with Crippen LogP contribution in [-0.2, 0) is 16.4 Å². The third-order valence-corrected chi connectivity index (χ3v) is 6.50. The van der Waals surface area contributed by atoms with Gasteiger partial charge in [0.25, 0.3) is 5.88 Å². The predicted molar refractivity (Wildman–Crippen MR) is 98.1 cm³/mol. The number of rotatable bonds is 3. The highest BCUT2D eigenvalue weighted by atomic mass is 32.2. The summed E-state index contributed by atoms with van der Waals surface area (Å²) in [5, 5.41) is 0. The fraction of sp³-hybridized carbons (Fsp3) is 0.421. The van der Waals surface area contributed by atoms with Gasteiger partial charge in [-0.25, -0.2) is 13.4 Å². The van der Waals surface area contributed by atoms with Crippen LogP contribution in [0.5, 0.6) is 11.6 Å². The van der Waals surface area contributed by atoms with Crippen molar-refractivity contribution in [3.05, 3.63) is 53.7 Å². The maximum absolute atomic E-state index is 11.7. The van der Waals surface area contributed by atoms with E-state index in [4.69, 9.17) is 9.47 Å². The zero-order valence-corrected chi connectivity index (χ0v) is 15.3. The minimum atomic E-state index is -2.87. The predicted octanol–water partition coefficient (Wildman–Crippen LogP) is 2.21. The highest BCUT2D eigenvalue weighted by molar-refractivity contribution is 7.91. The number of nitrogens with zero attached hydrogens (tertiary/aromatic N) is 2. The smallest absolute Gasteiger partial charge is 0.257 e. The Morgan fingerprint density at radius 3 is 2.81 bits per heavy atom. The Bertz CT molecular complexity index is 867. The van der Waals surface area contributed by atoms with Gasteiger partial charge in [-0.2, -0.15) is 0 Å². The van der Waals surface area contributed by atoms with Gasteiger partial charge in [0.2, 0.25) is 0 Å². The van der Waals surface area contributed by atoms with Gasteiger partial charge < -0.3 is 9.47 Å². The second-order valence-corrected chi connectivity index (χ2v) is 9.05. The molecule has 3 heterocycles. The number of fused-ring (bicyclic) bond motifs is 1. The fourth-order valence-corrected chi connectivity index (χ4v) is 4.63. The molecular formula is C19H22N2O4S. The normalized spacial score (nSPS) is 22.5. The molecule has 1 aromatic heterocycles. The second kappa shape index (κ2) is 7.25. The summed E-state index contributed by atoms with van der Waals surface area (Å²) in [6.45, 7) is 2.65. The summed E-state index contributed by atoms with van der Waals surface area (Å²) in [6.07, 6.45) is 2.23. The molecule has 138 valence electrons. The number of hydrogen-bond donors (Lipinski definition) is 0. The second-order valence-electron chi connectivity index (χ2n) is 6.75. The van der Waals surface area contributed by atoms with E-state index in [1.165, 1.54) is 5.56 Å². The molecule has 1 saturated heterocycles. The lowest BCUT2D eigenvalue weighted by atomic mass is 10.1. The van der Waals surface area contributed by atoms with Gasteiger partial charge in [-0.15, -0.1) is 0 Å². The van der Waals surface area contributed by atoms with Crippen molar-refractivity contribution in [2.24, 2.45) is 0 Å². The monoisotopic (exact) mass is 374 g/mol. The number of sulfone groups is 1. The summed E-state index contributed by atoms with van der Waals surface area (Å²) in [5.41, 5.74) is 2.21. The fourth-order valence-electron chi connectivity index (χ4n) is 3.32. The van der Waals surface area contributed by atoms with Gasteiger partial charge in [0.15, 0.2) is 21.7 Å². The van der Waals surface area contributed by atoms with Crippen molar-refractivity contribution in [1.82, 2.24) is 9.88 Å². The number of pyridine rings is 1. The average molecular weight is 374 g/mol. The molecule has 0 saturated carbocycles. The molecule has 2 aromatic rings. The number of hydrogen-bond acceptors (Lipinski definition) is 6. The molecule has 1 atom stereocenters. The van der Waals surface area contributed by atoms with Crippen molar-refractivity contribution >= 4 is 9.84 Å². The molecule has 0 amide bonds. The topological polar surface area (TPSA) is 68.7 Å². The van der Waals surface area contributed by atoms with Crippen molar-refractivity contribution < 1.29 is 17.9 Å². The Morgan fingerprint density at radius 1 is 1.12 bits per heavy atom. The molecule has 6 nitrogen and oxygen atoms in total. The van der Waals surface area contributed by atoms with E-state index in [0.717, 1.165) is 18.7 Å². The van der Waals surface area contributed by atoms with Crippen LogP contribution in [0, 0.1) is 0 Å². The molecule has 2 aliphatic heterocycles. The Balaban J connectivity index is 1.40. The maximum Gasteiger partial charge on any atom is 0.257 e. The van der Waals surface area contributed by atoms with Crippen LogP contribution in [-0.4, -0.2) is 49.5 Å². The summed E-state index contributed by atoms with van der Waals surface area (Å²) >= 11 is 0. The van der Waals surface area contributed by atoms with Crippen molar-refractivity contribution in [2.75, 3.05) is 31.2 Å². The highest BCUT2D eigenvalue weighted by Crippen LogP contribution is 2.33. The minimum Gasteiger partial charge on any atom is -0.484 e. The van der Waals surface area contributed by atoms with Crippen LogP contribution in [0.15, 0.2) is 42.6 Å². The lowest BCUT2D eigenvalue weighted by molar-refractivity contribution is 0.0851. The van der Waals surface area contributed by atoms with Crippen LogP contribution < -0.4 is 9.47 Å². The van der Waals surface area contributed by atoms with Crippen LogP contribution in [0.2, 0.25) is 0 Å². The molecule has 0 spiro atoms. The zero-order chi connectivity index (χ0) is 18.0. The molecule has 0 N–H and O–H groups in total. The molecule has 0 bridgehead atoms. The van der Waals surface area contributed by atoms with Gasteiger partial charge in [0.1, 0.15) is 6.61 Å². The van der Waals surface area contributed by atoms with E-state index in [2.05, 4.69) is 22.0 Å². The van der Waals surface area contributed by atoms with Gasteiger partial charge in [0, 0.05) is 19.3 Å². The molecule has 4 rings (SSSR count). The largest absolute Gasteiger partial charge is 0.484 e. The van der Waals surface area contributed by atoms with E-state index >= 15 is 0 Å². The van der Waals surface area contributed by atoms with E-state index in [1.54, 1.807) is 6.20 Å².